The lowest BCUT2D eigenvalue weighted by Gasteiger charge is -2.08. The number of aromatic nitrogens is 5. The van der Waals surface area contributed by atoms with Crippen LogP contribution < -0.4 is 0 Å². The molecule has 4 aromatic rings. The molecule has 0 radical (unpaired) electrons. The van der Waals surface area contributed by atoms with Gasteiger partial charge in [0.1, 0.15) is 11.3 Å². The van der Waals surface area contributed by atoms with Gasteiger partial charge in [0.25, 0.3) is 0 Å². The number of halogens is 2. The number of rotatable bonds is 3. The third-order valence-electron chi connectivity index (χ3n) is 4.07. The van der Waals surface area contributed by atoms with E-state index in [1.807, 2.05) is 22.9 Å². The van der Waals surface area contributed by atoms with Crippen molar-refractivity contribution >= 4 is 22.6 Å². The minimum atomic E-state index is -0.376. The summed E-state index contributed by atoms with van der Waals surface area (Å²) in [6.07, 6.45) is 1.60. The van der Waals surface area contributed by atoms with E-state index in [9.17, 15) is 4.39 Å². The number of imidazole rings is 1. The third kappa shape index (κ3) is 2.68. The lowest BCUT2D eigenvalue weighted by Crippen LogP contribution is -2.02. The summed E-state index contributed by atoms with van der Waals surface area (Å²) in [6, 6.07) is 10.4. The zero-order valence-corrected chi connectivity index (χ0v) is 14.4. The fourth-order valence-corrected chi connectivity index (χ4v) is 3.13. The van der Waals surface area contributed by atoms with Crippen LogP contribution in [0.15, 0.2) is 42.7 Å². The van der Waals surface area contributed by atoms with Gasteiger partial charge in [-0.15, -0.1) is 5.10 Å². The Bertz CT molecular complexity index is 1070. The second-order valence-electron chi connectivity index (χ2n) is 6.08. The zero-order chi connectivity index (χ0) is 17.6. The normalized spacial score (nSPS) is 11.6. The van der Waals surface area contributed by atoms with E-state index in [4.69, 9.17) is 11.6 Å². The first kappa shape index (κ1) is 15.8. The predicted molar refractivity (Wildman–Crippen MR) is 95.9 cm³/mol. The van der Waals surface area contributed by atoms with Gasteiger partial charge >= 0.3 is 0 Å². The predicted octanol–water partition coefficient (Wildman–Crippen LogP) is 4.86. The molecule has 25 heavy (non-hydrogen) atoms. The first-order valence-electron chi connectivity index (χ1n) is 7.88. The first-order chi connectivity index (χ1) is 12.0. The van der Waals surface area contributed by atoms with Gasteiger partial charge < -0.3 is 4.98 Å². The largest absolute Gasteiger partial charge is 0.344 e. The number of H-pyrrole nitrogens is 1. The summed E-state index contributed by atoms with van der Waals surface area (Å²) in [4.78, 5) is 7.53. The molecule has 0 amide bonds. The number of aromatic amines is 1. The van der Waals surface area contributed by atoms with E-state index in [2.05, 4.69) is 34.1 Å². The van der Waals surface area contributed by atoms with Crippen molar-refractivity contribution in [2.45, 2.75) is 19.9 Å². The molecule has 0 aliphatic rings. The molecule has 2 heterocycles. The fourth-order valence-electron chi connectivity index (χ4n) is 2.87. The van der Waals surface area contributed by atoms with E-state index in [1.54, 1.807) is 12.4 Å². The van der Waals surface area contributed by atoms with Gasteiger partial charge in [-0.25, -0.2) is 14.1 Å². The number of hydrogen-bond donors (Lipinski definition) is 1. The molecule has 0 unspecified atom stereocenters. The average molecular weight is 356 g/mol. The van der Waals surface area contributed by atoms with E-state index in [-0.39, 0.29) is 11.9 Å². The number of fused-ring (bicyclic) bond motifs is 1. The summed E-state index contributed by atoms with van der Waals surface area (Å²) in [5.41, 5.74) is 4.87. The topological polar surface area (TPSA) is 59.4 Å². The average Bonchev–Trinajstić information content (AvgIpc) is 3.20. The zero-order valence-electron chi connectivity index (χ0n) is 13.7. The third-order valence-corrected chi connectivity index (χ3v) is 4.39. The van der Waals surface area contributed by atoms with Crippen molar-refractivity contribution in [3.63, 3.8) is 0 Å². The molecule has 2 aromatic heterocycles. The first-order valence-corrected chi connectivity index (χ1v) is 8.26. The van der Waals surface area contributed by atoms with Crippen LogP contribution in [-0.2, 0) is 0 Å². The molecule has 5 nitrogen and oxygen atoms in total. The summed E-state index contributed by atoms with van der Waals surface area (Å²) >= 11 is 6.21. The van der Waals surface area contributed by atoms with Gasteiger partial charge in [-0.1, -0.05) is 22.9 Å². The molecule has 0 bridgehead atoms. The summed E-state index contributed by atoms with van der Waals surface area (Å²) < 4.78 is 15.2. The van der Waals surface area contributed by atoms with Gasteiger partial charge in [0, 0.05) is 17.2 Å². The van der Waals surface area contributed by atoms with E-state index in [0.29, 0.717) is 16.3 Å². The van der Waals surface area contributed by atoms with Crippen LogP contribution in [0.1, 0.15) is 19.9 Å². The maximum Gasteiger partial charge on any atom is 0.124 e. The van der Waals surface area contributed by atoms with Gasteiger partial charge in [-0.2, -0.15) is 0 Å². The molecule has 2 aromatic carbocycles. The van der Waals surface area contributed by atoms with Gasteiger partial charge in [0.05, 0.1) is 28.3 Å². The maximum absolute atomic E-state index is 13.3. The van der Waals surface area contributed by atoms with E-state index < -0.39 is 0 Å². The van der Waals surface area contributed by atoms with Crippen LogP contribution in [0.5, 0.6) is 0 Å². The second kappa shape index (κ2) is 5.97. The highest BCUT2D eigenvalue weighted by atomic mass is 35.5. The molecule has 0 fully saturated rings. The Morgan fingerprint density at radius 1 is 1.16 bits per heavy atom. The van der Waals surface area contributed by atoms with E-state index in [1.165, 1.54) is 12.1 Å². The standard InChI is InChI=1S/C18H15ClFN5/c1-10(2)25-16-7-11(3-6-15(16)23-24-25)17-18(22-9-21-17)13-5-4-12(20)8-14(13)19/h3-10H,1-2H3,(H,21,22). The van der Waals surface area contributed by atoms with Crippen molar-refractivity contribution in [3.05, 3.63) is 53.6 Å². The molecule has 4 rings (SSSR count). The van der Waals surface area contributed by atoms with E-state index >= 15 is 0 Å². The molecule has 126 valence electrons. The second-order valence-corrected chi connectivity index (χ2v) is 6.49. The fraction of sp³-hybridized carbons (Fsp3) is 0.167. The van der Waals surface area contributed by atoms with Crippen LogP contribution in [-0.4, -0.2) is 25.0 Å². The summed E-state index contributed by atoms with van der Waals surface area (Å²) in [5, 5.41) is 8.71. The van der Waals surface area contributed by atoms with Crippen LogP contribution >= 0.6 is 11.6 Å². The minimum Gasteiger partial charge on any atom is -0.344 e. The van der Waals surface area contributed by atoms with Gasteiger partial charge in [-0.3, -0.25) is 0 Å². The molecule has 0 spiro atoms. The van der Waals surface area contributed by atoms with Crippen LogP contribution in [0.3, 0.4) is 0 Å². The molecular formula is C18H15ClFN5. The van der Waals surface area contributed by atoms with Crippen molar-refractivity contribution in [2.75, 3.05) is 0 Å². The molecule has 1 N–H and O–H groups in total. The summed E-state index contributed by atoms with van der Waals surface area (Å²) in [7, 11) is 0. The number of nitrogens with zero attached hydrogens (tertiary/aromatic N) is 4. The van der Waals surface area contributed by atoms with E-state index in [0.717, 1.165) is 22.3 Å². The number of benzene rings is 2. The molecule has 0 saturated carbocycles. The lowest BCUT2D eigenvalue weighted by molar-refractivity contribution is 0.530. The Labute approximate surface area is 148 Å². The Kier molecular flexibility index (Phi) is 3.77. The smallest absolute Gasteiger partial charge is 0.124 e. The minimum absolute atomic E-state index is 0.202. The van der Waals surface area contributed by atoms with Crippen LogP contribution in [0.2, 0.25) is 5.02 Å². The molecule has 0 saturated heterocycles. The molecule has 0 aliphatic carbocycles. The van der Waals surface area contributed by atoms with Crippen molar-refractivity contribution in [1.29, 1.82) is 0 Å². The Balaban J connectivity index is 1.87. The van der Waals surface area contributed by atoms with Crippen LogP contribution in [0.4, 0.5) is 4.39 Å². The van der Waals surface area contributed by atoms with Crippen molar-refractivity contribution in [1.82, 2.24) is 25.0 Å². The molecule has 7 heteroatoms. The van der Waals surface area contributed by atoms with Crippen molar-refractivity contribution in [3.8, 4) is 22.5 Å². The molecule has 0 atom stereocenters. The quantitative estimate of drug-likeness (QED) is 0.570. The summed E-state index contributed by atoms with van der Waals surface area (Å²) in [5.74, 6) is -0.376. The highest BCUT2D eigenvalue weighted by molar-refractivity contribution is 6.33. The van der Waals surface area contributed by atoms with Gasteiger partial charge in [0.15, 0.2) is 0 Å². The maximum atomic E-state index is 13.3. The van der Waals surface area contributed by atoms with Crippen molar-refractivity contribution < 1.29 is 4.39 Å². The van der Waals surface area contributed by atoms with Crippen LogP contribution in [0.25, 0.3) is 33.5 Å². The Morgan fingerprint density at radius 3 is 2.76 bits per heavy atom. The number of hydrogen-bond acceptors (Lipinski definition) is 3. The SMILES string of the molecule is CC(C)n1nnc2ccc(-c3[nH]cnc3-c3ccc(F)cc3Cl)cc21. The summed E-state index contributed by atoms with van der Waals surface area (Å²) in [6.45, 7) is 4.11. The number of nitrogens with one attached hydrogen (secondary N) is 1. The highest BCUT2D eigenvalue weighted by Gasteiger charge is 2.16. The lowest BCUT2D eigenvalue weighted by atomic mass is 10.0. The monoisotopic (exact) mass is 355 g/mol. The Morgan fingerprint density at radius 2 is 2.00 bits per heavy atom. The van der Waals surface area contributed by atoms with Gasteiger partial charge in [-0.05, 0) is 44.2 Å². The molecule has 0 aliphatic heterocycles. The molecular weight excluding hydrogens is 341 g/mol. The highest BCUT2D eigenvalue weighted by Crippen LogP contribution is 2.34. The van der Waals surface area contributed by atoms with Gasteiger partial charge in [0.2, 0.25) is 0 Å². The Hall–Kier alpha value is -2.73. The van der Waals surface area contributed by atoms with Crippen molar-refractivity contribution in [2.24, 2.45) is 0 Å². The van der Waals surface area contributed by atoms with Crippen LogP contribution in [0, 0.1) is 5.82 Å².